The van der Waals surface area contributed by atoms with Gasteiger partial charge in [0.25, 0.3) is 0 Å². The van der Waals surface area contributed by atoms with Crippen molar-refractivity contribution in [2.24, 2.45) is 28.1 Å². The first-order valence-corrected chi connectivity index (χ1v) is 19.1. The van der Waals surface area contributed by atoms with E-state index in [0.717, 1.165) is 25.3 Å². The van der Waals surface area contributed by atoms with Gasteiger partial charge in [-0.05, 0) is 100.0 Å². The van der Waals surface area contributed by atoms with Crippen molar-refractivity contribution in [3.05, 3.63) is 36.6 Å². The zero-order valence-electron chi connectivity index (χ0n) is 34.9. The van der Waals surface area contributed by atoms with Crippen molar-refractivity contribution < 1.29 is 0 Å². The van der Waals surface area contributed by atoms with Gasteiger partial charge in [0.05, 0.1) is 0 Å². The molecular formula is C43H90N2. The number of rotatable bonds is 8. The minimum absolute atomic E-state index is 0.320. The lowest BCUT2D eigenvalue weighted by Gasteiger charge is -2.53. The van der Waals surface area contributed by atoms with E-state index in [9.17, 15) is 0 Å². The Kier molecular flexibility index (Phi) is 32.9. The average molecular weight is 635 g/mol. The van der Waals surface area contributed by atoms with Gasteiger partial charge in [-0.25, -0.2) is 0 Å². The second-order valence-electron chi connectivity index (χ2n) is 16.8. The molecule has 0 bridgehead atoms. The molecule has 0 spiro atoms. The first-order valence-electron chi connectivity index (χ1n) is 19.1. The van der Waals surface area contributed by atoms with Crippen LogP contribution in [0.25, 0.3) is 0 Å². The summed E-state index contributed by atoms with van der Waals surface area (Å²) in [5, 5.41) is 3.05. The summed E-state index contributed by atoms with van der Waals surface area (Å²) in [4.78, 5) is 2.78. The topological polar surface area (TPSA) is 15.3 Å². The van der Waals surface area contributed by atoms with Crippen molar-refractivity contribution in [2.75, 3.05) is 20.1 Å². The second kappa shape index (κ2) is 29.1. The molecule has 2 heterocycles. The molecule has 2 rings (SSSR count). The molecule has 2 unspecified atom stereocenters. The maximum Gasteiger partial charge on any atom is 0.0348 e. The summed E-state index contributed by atoms with van der Waals surface area (Å²) in [5.41, 5.74) is 4.21. The Balaban J connectivity index is -0.000000299. The van der Waals surface area contributed by atoms with Crippen LogP contribution in [-0.4, -0.2) is 31.1 Å². The van der Waals surface area contributed by atoms with E-state index in [1.807, 2.05) is 27.0 Å². The Morgan fingerprint density at radius 1 is 1.00 bits per heavy atom. The maximum absolute atomic E-state index is 4.19. The van der Waals surface area contributed by atoms with E-state index in [-0.39, 0.29) is 0 Å². The lowest BCUT2D eigenvalue weighted by atomic mass is 9.64. The Morgan fingerprint density at radius 3 is 1.87 bits per heavy atom. The van der Waals surface area contributed by atoms with Crippen molar-refractivity contribution in [1.82, 2.24) is 10.2 Å². The Hall–Kier alpha value is -1.02. The SMILES string of the molecule is C=C(C)CC1C=C2CCCCCN2C(CC(C)(C)C)C1(C)C.C=CCCCNC.CC.CC(C)C.CCC.CCCC(C)(C)C. The van der Waals surface area contributed by atoms with Crippen molar-refractivity contribution in [1.29, 1.82) is 0 Å². The molecule has 2 aliphatic rings. The largest absolute Gasteiger partial charge is 0.372 e. The van der Waals surface area contributed by atoms with Gasteiger partial charge in [-0.3, -0.25) is 0 Å². The number of fused-ring (bicyclic) bond motifs is 1. The molecule has 0 aliphatic carbocycles. The standard InChI is InChI=1S/C21H37N.C7H16.C6H13N.C4H10.C3H8.C2H6/c1-16(2)13-17-14-18-11-9-8-10-12-22(18)19(21(17,6)7)15-20(3,4)5;1-5-6-7(2,3)4;1-3-4-5-6-7-2;1-4(2)3;1-3-2;1-2/h14,17,19H,1,8-13,15H2,2-7H3;5-6H2,1-4H3;3,7H,1,4-6H2,2H3;4H,1-3H3;3H2,1-2H3;1-2H3. The van der Waals surface area contributed by atoms with E-state index in [1.165, 1.54) is 69.9 Å². The Labute approximate surface area is 288 Å². The van der Waals surface area contributed by atoms with E-state index < -0.39 is 0 Å². The molecule has 0 saturated carbocycles. The third-order valence-electron chi connectivity index (χ3n) is 7.49. The van der Waals surface area contributed by atoms with Crippen LogP contribution in [0.2, 0.25) is 0 Å². The van der Waals surface area contributed by atoms with Crippen LogP contribution < -0.4 is 5.32 Å². The number of nitrogens with zero attached hydrogens (tertiary/aromatic N) is 1. The number of hydrogen-bond donors (Lipinski definition) is 1. The summed E-state index contributed by atoms with van der Waals surface area (Å²) in [7, 11) is 1.96. The third-order valence-corrected chi connectivity index (χ3v) is 7.49. The molecule has 1 saturated heterocycles. The molecule has 2 heteroatoms. The minimum atomic E-state index is 0.320. The van der Waals surface area contributed by atoms with Crippen LogP contribution in [0.3, 0.4) is 0 Å². The molecule has 0 aromatic rings. The summed E-state index contributed by atoms with van der Waals surface area (Å²) in [6, 6.07) is 0.662. The molecule has 0 aromatic carbocycles. The highest BCUT2D eigenvalue weighted by Gasteiger charge is 2.45. The second-order valence-corrected chi connectivity index (χ2v) is 16.8. The van der Waals surface area contributed by atoms with E-state index in [0.29, 0.717) is 28.2 Å². The number of nitrogens with one attached hydrogen (secondary N) is 1. The highest BCUT2D eigenvalue weighted by Crippen LogP contribution is 2.48. The average Bonchev–Trinajstić information content (AvgIpc) is 3.13. The van der Waals surface area contributed by atoms with Crippen LogP contribution in [0.4, 0.5) is 0 Å². The van der Waals surface area contributed by atoms with Crippen LogP contribution in [0.5, 0.6) is 0 Å². The van der Waals surface area contributed by atoms with Crippen LogP contribution in [0.1, 0.15) is 188 Å². The summed E-state index contributed by atoms with van der Waals surface area (Å²) < 4.78 is 0. The summed E-state index contributed by atoms with van der Waals surface area (Å²) in [5.74, 6) is 1.47. The van der Waals surface area contributed by atoms with Crippen LogP contribution in [0.15, 0.2) is 36.6 Å². The van der Waals surface area contributed by atoms with Crippen LogP contribution in [0, 0.1) is 28.1 Å². The summed E-state index contributed by atoms with van der Waals surface area (Å²) in [6.07, 6.45) is 18.6. The zero-order valence-corrected chi connectivity index (χ0v) is 34.9. The predicted octanol–water partition coefficient (Wildman–Crippen LogP) is 14.3. The van der Waals surface area contributed by atoms with Gasteiger partial charge in [0, 0.05) is 18.3 Å². The highest BCUT2D eigenvalue weighted by molar-refractivity contribution is 5.19. The quantitative estimate of drug-likeness (QED) is 0.211. The first kappa shape index (κ1) is 50.8. The van der Waals surface area contributed by atoms with Gasteiger partial charge >= 0.3 is 0 Å². The molecule has 45 heavy (non-hydrogen) atoms. The van der Waals surface area contributed by atoms with Gasteiger partial charge in [-0.15, -0.1) is 13.2 Å². The monoisotopic (exact) mass is 635 g/mol. The lowest BCUT2D eigenvalue weighted by Crippen LogP contribution is -2.52. The van der Waals surface area contributed by atoms with E-state index in [1.54, 1.807) is 5.70 Å². The van der Waals surface area contributed by atoms with Crippen molar-refractivity contribution in [2.45, 2.75) is 194 Å². The van der Waals surface area contributed by atoms with Gasteiger partial charge in [0.2, 0.25) is 0 Å². The molecular weight excluding hydrogens is 544 g/mol. The lowest BCUT2D eigenvalue weighted by molar-refractivity contribution is 0.0308. The van der Waals surface area contributed by atoms with Crippen molar-refractivity contribution >= 4 is 0 Å². The minimum Gasteiger partial charge on any atom is -0.372 e. The zero-order chi connectivity index (χ0) is 36.3. The van der Waals surface area contributed by atoms with Gasteiger partial charge < -0.3 is 10.2 Å². The number of allylic oxidation sites excluding steroid dienone is 4. The fraction of sp³-hybridized carbons (Fsp3) is 0.860. The van der Waals surface area contributed by atoms with E-state index >= 15 is 0 Å². The van der Waals surface area contributed by atoms with E-state index in [2.05, 4.69) is 133 Å². The van der Waals surface area contributed by atoms with Gasteiger partial charge in [-0.1, -0.05) is 148 Å². The van der Waals surface area contributed by atoms with Gasteiger partial charge in [-0.2, -0.15) is 0 Å². The smallest absolute Gasteiger partial charge is 0.0348 e. The molecule has 272 valence electrons. The highest BCUT2D eigenvalue weighted by atomic mass is 15.2. The fourth-order valence-corrected chi connectivity index (χ4v) is 5.51. The maximum atomic E-state index is 4.19. The van der Waals surface area contributed by atoms with Gasteiger partial charge in [0.15, 0.2) is 0 Å². The molecule has 2 aliphatic heterocycles. The molecule has 2 nitrogen and oxygen atoms in total. The summed E-state index contributed by atoms with van der Waals surface area (Å²) >= 11 is 0. The molecule has 0 amide bonds. The van der Waals surface area contributed by atoms with Crippen LogP contribution in [-0.2, 0) is 0 Å². The normalized spacial score (nSPS) is 18.6. The molecule has 2 atom stereocenters. The van der Waals surface area contributed by atoms with Gasteiger partial charge in [0.1, 0.15) is 0 Å². The van der Waals surface area contributed by atoms with E-state index in [4.69, 9.17) is 0 Å². The van der Waals surface area contributed by atoms with Crippen molar-refractivity contribution in [3.8, 4) is 0 Å². The first-order chi connectivity index (χ1) is 20.7. The Bertz CT molecular complexity index is 696. The molecule has 1 N–H and O–H groups in total. The number of unbranched alkanes of at least 4 members (excludes halogenated alkanes) is 1. The van der Waals surface area contributed by atoms with Crippen LogP contribution >= 0.6 is 0 Å². The third kappa shape index (κ3) is 31.4. The molecule has 0 aromatic heterocycles. The summed E-state index contributed by atoms with van der Waals surface area (Å²) in [6.45, 7) is 48.3. The predicted molar refractivity (Wildman–Crippen MR) is 213 cm³/mol. The molecule has 1 fully saturated rings. The molecule has 0 radical (unpaired) electrons. The number of hydrogen-bond acceptors (Lipinski definition) is 2. The Morgan fingerprint density at radius 2 is 1.51 bits per heavy atom. The fourth-order valence-electron chi connectivity index (χ4n) is 5.51. The van der Waals surface area contributed by atoms with Crippen molar-refractivity contribution in [3.63, 3.8) is 0 Å².